The lowest BCUT2D eigenvalue weighted by molar-refractivity contribution is -0.253. The summed E-state index contributed by atoms with van der Waals surface area (Å²) in [4.78, 5) is 30.6. The molecule has 1 heterocycles. The molecule has 0 unspecified atom stereocenters. The summed E-state index contributed by atoms with van der Waals surface area (Å²) in [5, 5.41) is 6.15. The van der Waals surface area contributed by atoms with Crippen LogP contribution in [0.2, 0.25) is 5.02 Å². The summed E-state index contributed by atoms with van der Waals surface area (Å²) < 4.78 is 63.1. The molecule has 0 radical (unpaired) electrons. The van der Waals surface area contributed by atoms with Gasteiger partial charge in [0, 0.05) is 18.7 Å². The van der Waals surface area contributed by atoms with Crippen LogP contribution in [-0.2, 0) is 21.5 Å². The molecule has 42 heavy (non-hydrogen) atoms. The Kier molecular flexibility index (Phi) is 9.93. The van der Waals surface area contributed by atoms with Crippen LogP contribution in [0.4, 0.5) is 22.4 Å². The molecule has 1 aromatic heterocycles. The van der Waals surface area contributed by atoms with Crippen LogP contribution in [0.15, 0.2) is 72.9 Å². The van der Waals surface area contributed by atoms with Crippen LogP contribution in [0, 0.1) is 5.92 Å². The van der Waals surface area contributed by atoms with Crippen LogP contribution in [-0.4, -0.2) is 42.2 Å². The van der Waals surface area contributed by atoms with Crippen molar-refractivity contribution in [2.24, 2.45) is 5.92 Å². The summed E-state index contributed by atoms with van der Waals surface area (Å²) in [6.07, 6.45) is -5.54. The van der Waals surface area contributed by atoms with Gasteiger partial charge in [-0.2, -0.15) is 17.6 Å². The first-order chi connectivity index (χ1) is 20.0. The molecule has 4 rings (SSSR count). The lowest BCUT2D eigenvalue weighted by Gasteiger charge is -2.36. The van der Waals surface area contributed by atoms with Crippen molar-refractivity contribution in [3.8, 4) is 5.75 Å². The first-order valence-electron chi connectivity index (χ1n) is 13.4. The van der Waals surface area contributed by atoms with Crippen molar-refractivity contribution in [3.63, 3.8) is 0 Å². The molecule has 2 N–H and O–H groups in total. The molecule has 3 aromatic rings. The number of hydrogen-bond acceptors (Lipinski definition) is 5. The largest absolute Gasteiger partial charge is 0.466 e. The SMILES string of the molecule is CCOC(=O)[C@H]1CCC[C@H]1NC(=O)N[C@@](Cc1ccccc1)(c1cccc(OC(F)(F)C(F)F)c1)c1ccc(Cl)cn1. The van der Waals surface area contributed by atoms with Crippen molar-refractivity contribution in [3.05, 3.63) is 94.8 Å². The number of hydrogen-bond donors (Lipinski definition) is 2. The van der Waals surface area contributed by atoms with Crippen LogP contribution < -0.4 is 15.4 Å². The number of nitrogens with one attached hydrogen (secondary N) is 2. The fraction of sp³-hybridized carbons (Fsp3) is 0.367. The number of carbonyl (C=O) groups excluding carboxylic acids is 2. The van der Waals surface area contributed by atoms with E-state index >= 15 is 0 Å². The Labute approximate surface area is 245 Å². The van der Waals surface area contributed by atoms with E-state index in [1.165, 1.54) is 12.3 Å². The predicted molar refractivity (Wildman–Crippen MR) is 148 cm³/mol. The standard InChI is InChI=1S/C30H30ClF4N3O4/c1-2-41-26(39)23-12-7-13-24(23)37-28(40)38-29(17-19-8-4-3-5-9-19,25-15-14-21(31)18-36-25)20-10-6-11-22(16-20)42-30(34,35)27(32)33/h3-6,8-11,14-16,18,23-24,27H,2,7,12-13,17H2,1H3,(H2,37,38,40)/t23-,24+,29-/m0/s1. The van der Waals surface area contributed by atoms with Gasteiger partial charge in [0.15, 0.2) is 0 Å². The lowest BCUT2D eigenvalue weighted by atomic mass is 9.80. The van der Waals surface area contributed by atoms with Crippen molar-refractivity contribution in [1.29, 1.82) is 0 Å². The van der Waals surface area contributed by atoms with Crippen molar-refractivity contribution in [2.45, 2.75) is 56.7 Å². The van der Waals surface area contributed by atoms with Gasteiger partial charge in [0.05, 0.1) is 23.2 Å². The van der Waals surface area contributed by atoms with Gasteiger partial charge in [-0.1, -0.05) is 60.5 Å². The summed E-state index contributed by atoms with van der Waals surface area (Å²) in [5.41, 5.74) is -0.263. The summed E-state index contributed by atoms with van der Waals surface area (Å²) in [7, 11) is 0. The zero-order chi connectivity index (χ0) is 30.3. The first-order valence-corrected chi connectivity index (χ1v) is 13.8. The number of halogens is 5. The number of urea groups is 1. The van der Waals surface area contributed by atoms with Crippen LogP contribution >= 0.6 is 11.6 Å². The number of rotatable bonds is 11. The van der Waals surface area contributed by atoms with E-state index < -0.39 is 47.8 Å². The highest BCUT2D eigenvalue weighted by molar-refractivity contribution is 6.30. The van der Waals surface area contributed by atoms with E-state index in [-0.39, 0.29) is 24.3 Å². The maximum Gasteiger partial charge on any atom is 0.461 e. The molecule has 224 valence electrons. The number of alkyl halides is 4. The third-order valence-corrected chi connectivity index (χ3v) is 7.28. The molecular weight excluding hydrogens is 578 g/mol. The minimum atomic E-state index is -4.74. The first kappa shape index (κ1) is 31.1. The number of carbonyl (C=O) groups is 2. The van der Waals surface area contributed by atoms with Gasteiger partial charge in [-0.15, -0.1) is 0 Å². The maximum atomic E-state index is 13.9. The average molecular weight is 608 g/mol. The molecule has 12 heteroatoms. The van der Waals surface area contributed by atoms with E-state index in [9.17, 15) is 27.2 Å². The monoisotopic (exact) mass is 607 g/mol. The molecule has 0 bridgehead atoms. The smallest absolute Gasteiger partial charge is 0.461 e. The molecule has 1 saturated carbocycles. The number of aromatic nitrogens is 1. The minimum absolute atomic E-state index is 0.0799. The quantitative estimate of drug-likeness (QED) is 0.192. The van der Waals surface area contributed by atoms with Crippen LogP contribution in [0.25, 0.3) is 0 Å². The van der Waals surface area contributed by atoms with E-state index in [0.29, 0.717) is 24.3 Å². The molecule has 1 aliphatic carbocycles. The Hall–Kier alpha value is -3.86. The van der Waals surface area contributed by atoms with Gasteiger partial charge in [-0.25, -0.2) is 4.79 Å². The van der Waals surface area contributed by atoms with Crippen molar-refractivity contribution < 1.29 is 36.6 Å². The highest BCUT2D eigenvalue weighted by Gasteiger charge is 2.45. The van der Waals surface area contributed by atoms with E-state index in [2.05, 4.69) is 20.4 Å². The molecule has 1 fully saturated rings. The van der Waals surface area contributed by atoms with Gasteiger partial charge in [0.1, 0.15) is 11.3 Å². The Morgan fingerprint density at radius 1 is 1.07 bits per heavy atom. The molecular formula is C30H30ClF4N3O4. The molecule has 2 aromatic carbocycles. The highest BCUT2D eigenvalue weighted by Crippen LogP contribution is 2.37. The normalized spacial score (nSPS) is 18.3. The predicted octanol–water partition coefficient (Wildman–Crippen LogP) is 6.49. The molecule has 2 amide bonds. The summed E-state index contributed by atoms with van der Waals surface area (Å²) in [6, 6.07) is 16.2. The Morgan fingerprint density at radius 2 is 1.83 bits per heavy atom. The van der Waals surface area contributed by atoms with Gasteiger partial charge in [-0.05, 0) is 55.2 Å². The van der Waals surface area contributed by atoms with Crippen LogP contribution in [0.3, 0.4) is 0 Å². The van der Waals surface area contributed by atoms with Gasteiger partial charge in [0.25, 0.3) is 0 Å². The second-order valence-electron chi connectivity index (χ2n) is 9.92. The maximum absolute atomic E-state index is 13.9. The van der Waals surface area contributed by atoms with Crippen LogP contribution in [0.5, 0.6) is 5.75 Å². The summed E-state index contributed by atoms with van der Waals surface area (Å²) in [5.74, 6) is -1.47. The number of esters is 1. The number of benzene rings is 2. The Morgan fingerprint density at radius 3 is 2.50 bits per heavy atom. The molecule has 1 aliphatic rings. The number of nitrogens with zero attached hydrogens (tertiary/aromatic N) is 1. The topological polar surface area (TPSA) is 89.5 Å². The average Bonchev–Trinajstić information content (AvgIpc) is 3.41. The van der Waals surface area contributed by atoms with E-state index in [0.717, 1.165) is 17.7 Å². The van der Waals surface area contributed by atoms with Crippen molar-refractivity contribution >= 4 is 23.6 Å². The fourth-order valence-electron chi connectivity index (χ4n) is 5.14. The molecule has 0 spiro atoms. The van der Waals surface area contributed by atoms with E-state index in [4.69, 9.17) is 16.3 Å². The van der Waals surface area contributed by atoms with E-state index in [1.807, 2.05) is 18.2 Å². The molecule has 0 saturated heterocycles. The van der Waals surface area contributed by atoms with E-state index in [1.54, 1.807) is 37.3 Å². The third kappa shape index (κ3) is 7.31. The summed E-state index contributed by atoms with van der Waals surface area (Å²) in [6.45, 7) is 1.91. The number of ether oxygens (including phenoxy) is 2. The molecule has 7 nitrogen and oxygen atoms in total. The van der Waals surface area contributed by atoms with Crippen molar-refractivity contribution in [1.82, 2.24) is 15.6 Å². The number of amides is 2. The third-order valence-electron chi connectivity index (χ3n) is 7.06. The zero-order valence-corrected chi connectivity index (χ0v) is 23.4. The van der Waals surface area contributed by atoms with Gasteiger partial charge >= 0.3 is 24.5 Å². The number of pyridine rings is 1. The Balaban J connectivity index is 1.78. The fourth-order valence-corrected chi connectivity index (χ4v) is 5.25. The molecule has 3 atom stereocenters. The van der Waals surface area contributed by atoms with Gasteiger partial charge in [0.2, 0.25) is 0 Å². The van der Waals surface area contributed by atoms with Gasteiger partial charge in [-0.3, -0.25) is 9.78 Å². The Bertz CT molecular complexity index is 1360. The second kappa shape index (κ2) is 13.4. The highest BCUT2D eigenvalue weighted by atomic mass is 35.5. The minimum Gasteiger partial charge on any atom is -0.466 e. The molecule has 0 aliphatic heterocycles. The lowest BCUT2D eigenvalue weighted by Crippen LogP contribution is -2.55. The van der Waals surface area contributed by atoms with Gasteiger partial charge < -0.3 is 20.1 Å². The summed E-state index contributed by atoms with van der Waals surface area (Å²) >= 11 is 6.11. The van der Waals surface area contributed by atoms with Crippen LogP contribution in [0.1, 0.15) is 43.0 Å². The van der Waals surface area contributed by atoms with Crippen molar-refractivity contribution in [2.75, 3.05) is 6.61 Å². The second-order valence-corrected chi connectivity index (χ2v) is 10.4. The zero-order valence-electron chi connectivity index (χ0n) is 22.7.